The van der Waals surface area contributed by atoms with E-state index in [4.69, 9.17) is 0 Å². The highest BCUT2D eigenvalue weighted by Gasteiger charge is 2.13. The van der Waals surface area contributed by atoms with E-state index in [0.29, 0.717) is 22.2 Å². The molecule has 2 N–H and O–H groups in total. The minimum absolute atomic E-state index is 0.0536. The van der Waals surface area contributed by atoms with Crippen molar-refractivity contribution < 1.29 is 9.59 Å². The van der Waals surface area contributed by atoms with E-state index >= 15 is 0 Å². The summed E-state index contributed by atoms with van der Waals surface area (Å²) in [4.78, 5) is 25.4. The third-order valence-corrected chi connectivity index (χ3v) is 4.49. The van der Waals surface area contributed by atoms with Crippen LogP contribution in [0.1, 0.15) is 38.1 Å². The van der Waals surface area contributed by atoms with Crippen molar-refractivity contribution >= 4 is 35.0 Å². The van der Waals surface area contributed by atoms with Crippen molar-refractivity contribution in [3.05, 3.63) is 54.1 Å². The number of hydrogen-bond donors (Lipinski definition) is 2. The minimum Gasteiger partial charge on any atom is -0.326 e. The van der Waals surface area contributed by atoms with Gasteiger partial charge in [0.1, 0.15) is 0 Å². The summed E-state index contributed by atoms with van der Waals surface area (Å²) >= 11 is 1.66. The molecule has 0 unspecified atom stereocenters. The molecular formula is C20H24N2O2S. The van der Waals surface area contributed by atoms with Crippen molar-refractivity contribution in [3.8, 4) is 0 Å². The van der Waals surface area contributed by atoms with Crippen molar-refractivity contribution in [1.82, 2.24) is 0 Å². The molecule has 0 radical (unpaired) electrons. The summed E-state index contributed by atoms with van der Waals surface area (Å²) in [7, 11) is 0. The topological polar surface area (TPSA) is 58.2 Å². The van der Waals surface area contributed by atoms with Crippen molar-refractivity contribution in [2.75, 3.05) is 10.6 Å². The van der Waals surface area contributed by atoms with Crippen LogP contribution in [0.3, 0.4) is 0 Å². The fraction of sp³-hybridized carbons (Fsp3) is 0.300. The van der Waals surface area contributed by atoms with Crippen LogP contribution in [0.25, 0.3) is 0 Å². The zero-order valence-electron chi connectivity index (χ0n) is 15.0. The molecule has 25 heavy (non-hydrogen) atoms. The molecule has 5 heteroatoms. The molecule has 0 aliphatic heterocycles. The van der Waals surface area contributed by atoms with Crippen LogP contribution < -0.4 is 10.6 Å². The SMILES string of the molecule is CC(C)Sc1ccccc1C(=O)Nc1cccc(NC(=O)C(C)C)c1. The van der Waals surface area contributed by atoms with E-state index in [2.05, 4.69) is 24.5 Å². The monoisotopic (exact) mass is 356 g/mol. The van der Waals surface area contributed by atoms with Gasteiger partial charge in [-0.25, -0.2) is 0 Å². The van der Waals surface area contributed by atoms with Gasteiger partial charge in [0.15, 0.2) is 0 Å². The number of amides is 2. The lowest BCUT2D eigenvalue weighted by Gasteiger charge is -2.13. The first-order valence-electron chi connectivity index (χ1n) is 8.34. The summed E-state index contributed by atoms with van der Waals surface area (Å²) in [5, 5.41) is 6.14. The molecule has 0 heterocycles. The quantitative estimate of drug-likeness (QED) is 0.713. The molecule has 2 rings (SSSR count). The molecule has 0 fully saturated rings. The van der Waals surface area contributed by atoms with E-state index in [1.54, 1.807) is 36.0 Å². The first kappa shape index (κ1) is 19.1. The summed E-state index contributed by atoms with van der Waals surface area (Å²) < 4.78 is 0. The van der Waals surface area contributed by atoms with Gasteiger partial charge in [0, 0.05) is 27.4 Å². The average molecular weight is 356 g/mol. The van der Waals surface area contributed by atoms with Gasteiger partial charge in [-0.05, 0) is 30.3 Å². The number of nitrogens with one attached hydrogen (secondary N) is 2. The molecule has 0 aliphatic carbocycles. The van der Waals surface area contributed by atoms with Gasteiger partial charge in [0.25, 0.3) is 5.91 Å². The minimum atomic E-state index is -0.156. The van der Waals surface area contributed by atoms with Crippen LogP contribution in [0.2, 0.25) is 0 Å². The van der Waals surface area contributed by atoms with Crippen LogP contribution >= 0.6 is 11.8 Å². The highest BCUT2D eigenvalue weighted by atomic mass is 32.2. The fourth-order valence-corrected chi connectivity index (χ4v) is 3.12. The molecule has 132 valence electrons. The smallest absolute Gasteiger partial charge is 0.256 e. The number of hydrogen-bond acceptors (Lipinski definition) is 3. The van der Waals surface area contributed by atoms with Crippen molar-refractivity contribution in [2.24, 2.45) is 5.92 Å². The Bertz CT molecular complexity index is 757. The van der Waals surface area contributed by atoms with Gasteiger partial charge < -0.3 is 10.6 Å². The molecule has 2 amide bonds. The van der Waals surface area contributed by atoms with Crippen LogP contribution in [0, 0.1) is 5.92 Å². The van der Waals surface area contributed by atoms with Gasteiger partial charge in [0.05, 0.1) is 5.56 Å². The number of carbonyl (C=O) groups is 2. The summed E-state index contributed by atoms with van der Waals surface area (Å²) in [6.45, 7) is 7.87. The first-order valence-corrected chi connectivity index (χ1v) is 9.22. The Morgan fingerprint density at radius 2 is 1.52 bits per heavy atom. The maximum atomic E-state index is 12.6. The van der Waals surface area contributed by atoms with Gasteiger partial charge in [-0.1, -0.05) is 45.9 Å². The molecular weight excluding hydrogens is 332 g/mol. The first-order chi connectivity index (χ1) is 11.9. The highest BCUT2D eigenvalue weighted by molar-refractivity contribution is 8.00. The maximum absolute atomic E-state index is 12.6. The molecule has 0 aromatic heterocycles. The van der Waals surface area contributed by atoms with Crippen LogP contribution in [-0.4, -0.2) is 17.1 Å². The van der Waals surface area contributed by atoms with Crippen LogP contribution in [-0.2, 0) is 4.79 Å². The Kier molecular flexibility index (Phi) is 6.65. The lowest BCUT2D eigenvalue weighted by atomic mass is 10.2. The van der Waals surface area contributed by atoms with E-state index in [9.17, 15) is 9.59 Å². The zero-order valence-corrected chi connectivity index (χ0v) is 15.8. The molecule has 0 saturated heterocycles. The molecule has 0 aliphatic rings. The normalized spacial score (nSPS) is 10.8. The van der Waals surface area contributed by atoms with Crippen molar-refractivity contribution in [3.63, 3.8) is 0 Å². The van der Waals surface area contributed by atoms with Crippen LogP contribution in [0.15, 0.2) is 53.4 Å². The summed E-state index contributed by atoms with van der Waals surface area (Å²) in [5.41, 5.74) is 1.97. The van der Waals surface area contributed by atoms with Crippen molar-refractivity contribution in [1.29, 1.82) is 0 Å². The van der Waals surface area contributed by atoms with Gasteiger partial charge in [0.2, 0.25) is 5.91 Å². The largest absolute Gasteiger partial charge is 0.326 e. The molecule has 4 nitrogen and oxygen atoms in total. The second-order valence-corrected chi connectivity index (χ2v) is 7.96. The second kappa shape index (κ2) is 8.72. The molecule has 0 atom stereocenters. The average Bonchev–Trinajstić information content (AvgIpc) is 2.55. The van der Waals surface area contributed by atoms with E-state index in [1.807, 2.05) is 38.1 Å². The predicted molar refractivity (Wildman–Crippen MR) is 105 cm³/mol. The Hall–Kier alpha value is -2.27. The predicted octanol–water partition coefficient (Wildman–Crippen LogP) is 5.03. The summed E-state index contributed by atoms with van der Waals surface area (Å²) in [6, 6.07) is 14.8. The van der Waals surface area contributed by atoms with Crippen LogP contribution in [0.4, 0.5) is 11.4 Å². The number of benzene rings is 2. The Morgan fingerprint density at radius 1 is 0.880 bits per heavy atom. The summed E-state index contributed by atoms with van der Waals surface area (Å²) in [6.07, 6.45) is 0. The number of thioether (sulfide) groups is 1. The van der Waals surface area contributed by atoms with Gasteiger partial charge in [-0.3, -0.25) is 9.59 Å². The Morgan fingerprint density at radius 3 is 2.16 bits per heavy atom. The standard InChI is InChI=1S/C20H24N2O2S/c1-13(2)19(23)21-15-8-7-9-16(12-15)22-20(24)17-10-5-6-11-18(17)25-14(3)4/h5-14H,1-4H3,(H,21,23)(H,22,24). The van der Waals surface area contributed by atoms with Gasteiger partial charge in [-0.15, -0.1) is 11.8 Å². The molecule has 2 aromatic carbocycles. The molecule has 0 bridgehead atoms. The third kappa shape index (κ3) is 5.64. The van der Waals surface area contributed by atoms with Crippen molar-refractivity contribution in [2.45, 2.75) is 37.8 Å². The Balaban J connectivity index is 2.15. The zero-order chi connectivity index (χ0) is 18.4. The summed E-state index contributed by atoms with van der Waals surface area (Å²) in [5.74, 6) is -0.309. The lowest BCUT2D eigenvalue weighted by Crippen LogP contribution is -2.18. The Labute approximate surface area is 153 Å². The third-order valence-electron chi connectivity index (χ3n) is 3.41. The number of anilines is 2. The van der Waals surface area contributed by atoms with E-state index < -0.39 is 0 Å². The van der Waals surface area contributed by atoms with E-state index in [-0.39, 0.29) is 17.7 Å². The number of rotatable bonds is 6. The van der Waals surface area contributed by atoms with Gasteiger partial charge >= 0.3 is 0 Å². The fourth-order valence-electron chi connectivity index (χ4n) is 2.17. The number of carbonyl (C=O) groups excluding carboxylic acids is 2. The van der Waals surface area contributed by atoms with E-state index in [0.717, 1.165) is 4.90 Å². The van der Waals surface area contributed by atoms with Gasteiger partial charge in [-0.2, -0.15) is 0 Å². The van der Waals surface area contributed by atoms with Crippen LogP contribution in [0.5, 0.6) is 0 Å². The maximum Gasteiger partial charge on any atom is 0.256 e. The second-order valence-electron chi connectivity index (χ2n) is 6.34. The van der Waals surface area contributed by atoms with E-state index in [1.165, 1.54) is 0 Å². The molecule has 2 aromatic rings. The molecule has 0 saturated carbocycles. The molecule has 0 spiro atoms. The highest BCUT2D eigenvalue weighted by Crippen LogP contribution is 2.27. The lowest BCUT2D eigenvalue weighted by molar-refractivity contribution is -0.118.